The lowest BCUT2D eigenvalue weighted by molar-refractivity contribution is 0.0951. The summed E-state index contributed by atoms with van der Waals surface area (Å²) in [5.41, 5.74) is 2.35. The van der Waals surface area contributed by atoms with E-state index >= 15 is 0 Å². The molecular weight excluding hydrogens is 372 g/mol. The highest BCUT2D eigenvalue weighted by atomic mass is 32.2. The van der Waals surface area contributed by atoms with E-state index in [2.05, 4.69) is 5.32 Å². The molecule has 2 saturated carbocycles. The molecule has 2 aromatic rings. The van der Waals surface area contributed by atoms with Gasteiger partial charge in [-0.15, -0.1) is 0 Å². The minimum Gasteiger partial charge on any atom is -0.349 e. The van der Waals surface area contributed by atoms with Crippen molar-refractivity contribution in [2.45, 2.75) is 44.3 Å². The lowest BCUT2D eigenvalue weighted by Gasteiger charge is -2.20. The number of nitrogens with one attached hydrogen (secondary N) is 1. The molecule has 0 aliphatic heterocycles. The van der Waals surface area contributed by atoms with Crippen LogP contribution in [0.5, 0.6) is 0 Å². The smallest absolute Gasteiger partial charge is 0.251 e. The molecule has 2 aromatic carbocycles. The number of rotatable bonds is 8. The molecule has 2 fully saturated rings. The molecule has 0 bridgehead atoms. The summed E-state index contributed by atoms with van der Waals surface area (Å²) in [6, 6.07) is 17.0. The first-order valence-electron chi connectivity index (χ1n) is 9.66. The van der Waals surface area contributed by atoms with Crippen molar-refractivity contribution in [2.24, 2.45) is 0 Å². The molecule has 146 valence electrons. The molecule has 2 aliphatic carbocycles. The van der Waals surface area contributed by atoms with Gasteiger partial charge in [0.25, 0.3) is 5.91 Å². The van der Waals surface area contributed by atoms with Crippen LogP contribution in [0.25, 0.3) is 6.08 Å². The highest BCUT2D eigenvalue weighted by Gasteiger charge is 2.36. The zero-order valence-corrected chi connectivity index (χ0v) is 16.4. The van der Waals surface area contributed by atoms with Crippen LogP contribution in [-0.4, -0.2) is 30.7 Å². The molecule has 0 heterocycles. The van der Waals surface area contributed by atoms with E-state index in [4.69, 9.17) is 0 Å². The van der Waals surface area contributed by atoms with E-state index in [1.807, 2.05) is 42.5 Å². The Bertz CT molecular complexity index is 961. The summed E-state index contributed by atoms with van der Waals surface area (Å²) in [7, 11) is -3.52. The third-order valence-corrected chi connectivity index (χ3v) is 6.54. The average molecular weight is 397 g/mol. The van der Waals surface area contributed by atoms with Crippen molar-refractivity contribution in [3.05, 3.63) is 76.7 Å². The van der Waals surface area contributed by atoms with Crippen LogP contribution >= 0.6 is 0 Å². The predicted molar refractivity (Wildman–Crippen MR) is 110 cm³/mol. The standard InChI is InChI=1S/C22H24N2O3S/c25-22(23-20-10-11-20)19-8-6-18(7-9-19)16-24(21-12-13-21)28(26,27)15-14-17-4-2-1-3-5-17/h1-9,14-15,20-21H,10-13,16H2,(H,23,25). The Morgan fingerprint density at radius 2 is 1.68 bits per heavy atom. The molecule has 0 spiro atoms. The van der Waals surface area contributed by atoms with Crippen molar-refractivity contribution >= 4 is 22.0 Å². The highest BCUT2D eigenvalue weighted by Crippen LogP contribution is 2.31. The molecule has 1 N–H and O–H groups in total. The molecular formula is C22H24N2O3S. The number of sulfonamides is 1. The second kappa shape index (κ2) is 7.89. The SMILES string of the molecule is O=C(NC1CC1)c1ccc(CN(C2CC2)S(=O)(=O)C=Cc2ccccc2)cc1. The summed E-state index contributed by atoms with van der Waals surface area (Å²) in [5, 5.41) is 4.25. The van der Waals surface area contributed by atoms with Gasteiger partial charge in [0.1, 0.15) is 0 Å². The van der Waals surface area contributed by atoms with Gasteiger partial charge in [0.05, 0.1) is 0 Å². The molecule has 5 nitrogen and oxygen atoms in total. The third-order valence-electron chi connectivity index (χ3n) is 4.98. The Balaban J connectivity index is 1.46. The van der Waals surface area contributed by atoms with Crippen LogP contribution in [0.2, 0.25) is 0 Å². The topological polar surface area (TPSA) is 66.5 Å². The predicted octanol–water partition coefficient (Wildman–Crippen LogP) is 3.54. The van der Waals surface area contributed by atoms with Gasteiger partial charge in [-0.05, 0) is 55.0 Å². The molecule has 0 saturated heterocycles. The highest BCUT2D eigenvalue weighted by molar-refractivity contribution is 7.92. The molecule has 0 unspecified atom stereocenters. The van der Waals surface area contributed by atoms with Gasteiger partial charge in [-0.3, -0.25) is 4.79 Å². The lowest BCUT2D eigenvalue weighted by Crippen LogP contribution is -2.31. The van der Waals surface area contributed by atoms with Crippen LogP contribution in [-0.2, 0) is 16.6 Å². The summed E-state index contributed by atoms with van der Waals surface area (Å²) in [4.78, 5) is 12.1. The third kappa shape index (κ3) is 4.88. The van der Waals surface area contributed by atoms with Crippen LogP contribution in [0, 0.1) is 0 Å². The van der Waals surface area contributed by atoms with E-state index in [9.17, 15) is 13.2 Å². The van der Waals surface area contributed by atoms with Gasteiger partial charge in [-0.25, -0.2) is 8.42 Å². The lowest BCUT2D eigenvalue weighted by atomic mass is 10.1. The second-order valence-corrected chi connectivity index (χ2v) is 9.25. The molecule has 0 aromatic heterocycles. The maximum Gasteiger partial charge on any atom is 0.251 e. The second-order valence-electron chi connectivity index (χ2n) is 7.48. The maximum absolute atomic E-state index is 12.9. The van der Waals surface area contributed by atoms with Crippen LogP contribution in [0.3, 0.4) is 0 Å². The molecule has 2 aliphatic rings. The Morgan fingerprint density at radius 1 is 1.00 bits per heavy atom. The van der Waals surface area contributed by atoms with Crippen molar-refractivity contribution in [3.63, 3.8) is 0 Å². The minimum atomic E-state index is -3.52. The van der Waals surface area contributed by atoms with Crippen molar-refractivity contribution < 1.29 is 13.2 Å². The van der Waals surface area contributed by atoms with E-state index in [0.717, 1.165) is 36.8 Å². The van der Waals surface area contributed by atoms with Crippen molar-refractivity contribution in [1.82, 2.24) is 9.62 Å². The van der Waals surface area contributed by atoms with Crippen molar-refractivity contribution in [1.29, 1.82) is 0 Å². The van der Waals surface area contributed by atoms with Gasteiger partial charge < -0.3 is 5.32 Å². The normalized spacial score (nSPS) is 17.2. The van der Waals surface area contributed by atoms with Gasteiger partial charge in [0.2, 0.25) is 10.0 Å². The van der Waals surface area contributed by atoms with Gasteiger partial charge in [-0.1, -0.05) is 42.5 Å². The molecule has 0 atom stereocenters. The Kier molecular flexibility index (Phi) is 5.33. The fourth-order valence-corrected chi connectivity index (χ4v) is 4.47. The fourth-order valence-electron chi connectivity index (χ4n) is 3.03. The van der Waals surface area contributed by atoms with Gasteiger partial charge in [0.15, 0.2) is 0 Å². The number of nitrogens with zero attached hydrogens (tertiary/aromatic N) is 1. The van der Waals surface area contributed by atoms with E-state index in [0.29, 0.717) is 18.2 Å². The number of carbonyl (C=O) groups is 1. The molecule has 28 heavy (non-hydrogen) atoms. The zero-order chi connectivity index (χ0) is 19.6. The van der Waals surface area contributed by atoms with E-state index in [-0.39, 0.29) is 11.9 Å². The number of amides is 1. The van der Waals surface area contributed by atoms with E-state index in [1.54, 1.807) is 22.5 Å². The maximum atomic E-state index is 12.9. The van der Waals surface area contributed by atoms with Gasteiger partial charge in [-0.2, -0.15) is 4.31 Å². The summed E-state index contributed by atoms with van der Waals surface area (Å²) in [6.45, 7) is 0.316. The molecule has 6 heteroatoms. The fraction of sp³-hybridized carbons (Fsp3) is 0.318. The molecule has 1 amide bonds. The first-order valence-corrected chi connectivity index (χ1v) is 11.2. The number of hydrogen-bond donors (Lipinski definition) is 1. The summed E-state index contributed by atoms with van der Waals surface area (Å²) < 4.78 is 27.3. The van der Waals surface area contributed by atoms with E-state index in [1.165, 1.54) is 5.41 Å². The van der Waals surface area contributed by atoms with Crippen LogP contribution in [0.1, 0.15) is 47.2 Å². The first-order chi connectivity index (χ1) is 13.5. The minimum absolute atomic E-state index is 0.0586. The summed E-state index contributed by atoms with van der Waals surface area (Å²) in [6.07, 6.45) is 5.51. The van der Waals surface area contributed by atoms with Crippen molar-refractivity contribution in [2.75, 3.05) is 0 Å². The first kappa shape index (κ1) is 18.9. The Hall–Kier alpha value is -2.44. The molecule has 0 radical (unpaired) electrons. The quantitative estimate of drug-likeness (QED) is 0.742. The van der Waals surface area contributed by atoms with Crippen molar-refractivity contribution in [3.8, 4) is 0 Å². The Labute approximate surface area is 166 Å². The van der Waals surface area contributed by atoms with Crippen LogP contribution < -0.4 is 5.32 Å². The van der Waals surface area contributed by atoms with Gasteiger partial charge >= 0.3 is 0 Å². The zero-order valence-electron chi connectivity index (χ0n) is 15.6. The number of benzene rings is 2. The summed E-state index contributed by atoms with van der Waals surface area (Å²) >= 11 is 0. The van der Waals surface area contributed by atoms with E-state index < -0.39 is 10.0 Å². The average Bonchev–Trinajstić information content (AvgIpc) is 3.61. The monoisotopic (exact) mass is 396 g/mol. The number of carbonyl (C=O) groups excluding carboxylic acids is 1. The van der Waals surface area contributed by atoms with Crippen LogP contribution in [0.4, 0.5) is 0 Å². The largest absolute Gasteiger partial charge is 0.349 e. The van der Waals surface area contributed by atoms with Crippen LogP contribution in [0.15, 0.2) is 60.0 Å². The molecule has 4 rings (SSSR count). The summed E-state index contributed by atoms with van der Waals surface area (Å²) in [5.74, 6) is -0.0634. The van der Waals surface area contributed by atoms with Gasteiger partial charge in [0, 0.05) is 29.6 Å². The number of hydrogen-bond acceptors (Lipinski definition) is 3. The Morgan fingerprint density at radius 3 is 2.29 bits per heavy atom.